The van der Waals surface area contributed by atoms with Crippen LogP contribution in [-0.4, -0.2) is 42.4 Å². The smallest absolute Gasteiger partial charge is 0.180 e. The minimum Gasteiger partial charge on any atom is -0.497 e. The molecule has 3 aromatic rings. The molecule has 1 fully saturated rings. The maximum Gasteiger partial charge on any atom is 0.180 e. The molecule has 1 saturated heterocycles. The van der Waals surface area contributed by atoms with Crippen LogP contribution in [0.1, 0.15) is 40.4 Å². The molecule has 0 bridgehead atoms. The van der Waals surface area contributed by atoms with Crippen molar-refractivity contribution in [2.24, 2.45) is 0 Å². The van der Waals surface area contributed by atoms with Gasteiger partial charge in [-0.15, -0.1) is 11.3 Å². The summed E-state index contributed by atoms with van der Waals surface area (Å²) in [6.45, 7) is 2.80. The lowest BCUT2D eigenvalue weighted by Crippen LogP contribution is -2.22. The molecule has 0 aliphatic carbocycles. The molecule has 0 spiro atoms. The predicted octanol–water partition coefficient (Wildman–Crippen LogP) is 4.99. The van der Waals surface area contributed by atoms with Crippen molar-refractivity contribution >= 4 is 22.3 Å². The van der Waals surface area contributed by atoms with Crippen LogP contribution in [0.2, 0.25) is 0 Å². The largest absolute Gasteiger partial charge is 0.497 e. The van der Waals surface area contributed by atoms with Crippen molar-refractivity contribution in [2.75, 3.05) is 32.5 Å². The lowest BCUT2D eigenvalue weighted by Gasteiger charge is -2.15. The zero-order chi connectivity index (χ0) is 21.8. The van der Waals surface area contributed by atoms with Crippen LogP contribution >= 0.6 is 11.3 Å². The highest BCUT2D eigenvalue weighted by Gasteiger charge is 2.28. The number of carbonyl (C=O) groups excluding carboxylic acids is 1. The Balaban J connectivity index is 1.33. The number of likely N-dealkylation sites (tertiary alicyclic amines) is 1. The molecule has 162 valence electrons. The molecule has 31 heavy (non-hydrogen) atoms. The van der Waals surface area contributed by atoms with Crippen LogP contribution < -0.4 is 10.5 Å². The second-order valence-corrected chi connectivity index (χ2v) is 8.88. The van der Waals surface area contributed by atoms with Gasteiger partial charge in [-0.1, -0.05) is 0 Å². The highest BCUT2D eigenvalue weighted by Crippen LogP contribution is 2.39. The highest BCUT2D eigenvalue weighted by molar-refractivity contribution is 7.15. The molecule has 2 N–H and O–H groups in total. The standard InChI is InChI=1S/C24H26FN3O2S/c1-30-20-10-6-16(7-11-20)21(29)3-2-13-28-14-12-18(15-28)23-22(27-24(26)31-23)17-4-8-19(25)9-5-17/h4-11,18H,2-3,12-15H2,1H3,(H2,26,27). The second-order valence-electron chi connectivity index (χ2n) is 7.81. The van der Waals surface area contributed by atoms with Gasteiger partial charge in [0.1, 0.15) is 11.6 Å². The summed E-state index contributed by atoms with van der Waals surface area (Å²) in [5, 5.41) is 0.540. The van der Waals surface area contributed by atoms with Crippen LogP contribution in [0.25, 0.3) is 11.3 Å². The molecule has 1 aliphatic rings. The third-order valence-electron chi connectivity index (χ3n) is 5.72. The number of nitrogens with two attached hydrogens (primary N) is 1. The summed E-state index contributed by atoms with van der Waals surface area (Å²) in [5.74, 6) is 1.01. The minimum atomic E-state index is -0.260. The molecule has 5 nitrogen and oxygen atoms in total. The number of anilines is 1. The van der Waals surface area contributed by atoms with E-state index in [9.17, 15) is 9.18 Å². The average Bonchev–Trinajstić information content (AvgIpc) is 3.41. The monoisotopic (exact) mass is 439 g/mol. The van der Waals surface area contributed by atoms with Crippen molar-refractivity contribution in [3.63, 3.8) is 0 Å². The number of nitrogens with zero attached hydrogens (tertiary/aromatic N) is 2. The van der Waals surface area contributed by atoms with Crippen molar-refractivity contribution in [1.29, 1.82) is 0 Å². The molecule has 7 heteroatoms. The van der Waals surface area contributed by atoms with Gasteiger partial charge in [0.2, 0.25) is 0 Å². The van der Waals surface area contributed by atoms with E-state index >= 15 is 0 Å². The molecule has 2 aromatic carbocycles. The van der Waals surface area contributed by atoms with Crippen molar-refractivity contribution < 1.29 is 13.9 Å². The Morgan fingerprint density at radius 3 is 2.68 bits per heavy atom. The quantitative estimate of drug-likeness (QED) is 0.501. The predicted molar refractivity (Wildman–Crippen MR) is 122 cm³/mol. The summed E-state index contributed by atoms with van der Waals surface area (Å²) in [7, 11) is 1.61. The number of nitrogen functional groups attached to an aromatic ring is 1. The van der Waals surface area contributed by atoms with Gasteiger partial charge in [0.25, 0.3) is 0 Å². The summed E-state index contributed by atoms with van der Waals surface area (Å²) in [6, 6.07) is 13.7. The molecule has 2 heterocycles. The summed E-state index contributed by atoms with van der Waals surface area (Å²) < 4.78 is 18.4. The van der Waals surface area contributed by atoms with Crippen molar-refractivity contribution in [1.82, 2.24) is 9.88 Å². The first kappa shape index (κ1) is 21.5. The molecule has 4 rings (SSSR count). The molecule has 0 radical (unpaired) electrons. The number of Topliss-reactive ketones (excluding diaryl/α,β-unsaturated/α-hetero) is 1. The number of aromatic nitrogens is 1. The fourth-order valence-electron chi connectivity index (χ4n) is 4.07. The van der Waals surface area contributed by atoms with E-state index in [2.05, 4.69) is 9.88 Å². The highest BCUT2D eigenvalue weighted by atomic mass is 32.1. The van der Waals surface area contributed by atoms with Gasteiger partial charge in [0, 0.05) is 34.9 Å². The number of ether oxygens (including phenoxy) is 1. The lowest BCUT2D eigenvalue weighted by atomic mass is 10.0. The average molecular weight is 440 g/mol. The van der Waals surface area contributed by atoms with Crippen LogP contribution in [0.4, 0.5) is 9.52 Å². The molecule has 0 amide bonds. The number of rotatable bonds is 8. The third kappa shape index (κ3) is 5.11. The number of hydrogen-bond donors (Lipinski definition) is 1. The molecular weight excluding hydrogens is 413 g/mol. The van der Waals surface area contributed by atoms with Gasteiger partial charge in [0.15, 0.2) is 10.9 Å². The molecular formula is C24H26FN3O2S. The topological polar surface area (TPSA) is 68.5 Å². The Hall–Kier alpha value is -2.77. The second kappa shape index (κ2) is 9.58. The van der Waals surface area contributed by atoms with Gasteiger partial charge in [-0.25, -0.2) is 9.37 Å². The number of hydrogen-bond acceptors (Lipinski definition) is 6. The van der Waals surface area contributed by atoms with E-state index in [1.54, 1.807) is 19.2 Å². The Morgan fingerprint density at radius 1 is 1.23 bits per heavy atom. The Morgan fingerprint density at radius 2 is 1.97 bits per heavy atom. The first-order valence-corrected chi connectivity index (χ1v) is 11.3. The summed E-state index contributed by atoms with van der Waals surface area (Å²) in [4.78, 5) is 20.5. The first-order valence-electron chi connectivity index (χ1n) is 10.4. The van der Waals surface area contributed by atoms with Gasteiger partial charge in [-0.05, 0) is 74.5 Å². The lowest BCUT2D eigenvalue weighted by molar-refractivity contribution is 0.0976. The number of thiazole rings is 1. The Labute approximate surface area is 185 Å². The number of methoxy groups -OCH3 is 1. The van der Waals surface area contributed by atoms with Gasteiger partial charge in [-0.3, -0.25) is 4.79 Å². The van der Waals surface area contributed by atoms with Gasteiger partial charge in [0.05, 0.1) is 12.8 Å². The number of ketones is 1. The van der Waals surface area contributed by atoms with Crippen molar-refractivity contribution in [2.45, 2.75) is 25.2 Å². The van der Waals surface area contributed by atoms with Gasteiger partial charge >= 0.3 is 0 Å². The Bertz CT molecular complexity index is 1030. The van der Waals surface area contributed by atoms with Crippen LogP contribution in [-0.2, 0) is 0 Å². The zero-order valence-corrected chi connectivity index (χ0v) is 18.3. The van der Waals surface area contributed by atoms with E-state index in [0.29, 0.717) is 17.5 Å². The number of carbonyl (C=O) groups is 1. The molecule has 1 unspecified atom stereocenters. The molecule has 1 aliphatic heterocycles. The molecule has 1 atom stereocenters. The normalized spacial score (nSPS) is 16.5. The fraction of sp³-hybridized carbons (Fsp3) is 0.333. The van der Waals surface area contributed by atoms with Crippen LogP contribution in [0.15, 0.2) is 48.5 Å². The third-order valence-corrected chi connectivity index (χ3v) is 6.77. The van der Waals surface area contributed by atoms with E-state index in [4.69, 9.17) is 10.5 Å². The summed E-state index contributed by atoms with van der Waals surface area (Å²) >= 11 is 1.52. The fourth-order valence-corrected chi connectivity index (χ4v) is 5.06. The van der Waals surface area contributed by atoms with E-state index in [0.717, 1.165) is 55.0 Å². The van der Waals surface area contributed by atoms with Crippen molar-refractivity contribution in [3.8, 4) is 17.0 Å². The Kier molecular flexibility index (Phi) is 6.63. The number of halogens is 1. The van der Waals surface area contributed by atoms with E-state index in [-0.39, 0.29) is 11.6 Å². The molecule has 1 aromatic heterocycles. The van der Waals surface area contributed by atoms with Crippen LogP contribution in [0.5, 0.6) is 5.75 Å². The molecule has 0 saturated carbocycles. The summed E-state index contributed by atoms with van der Waals surface area (Å²) in [5.41, 5.74) is 8.50. The maximum absolute atomic E-state index is 13.3. The number of benzene rings is 2. The van der Waals surface area contributed by atoms with Crippen LogP contribution in [0, 0.1) is 5.82 Å². The zero-order valence-electron chi connectivity index (χ0n) is 17.5. The van der Waals surface area contributed by atoms with Crippen molar-refractivity contribution in [3.05, 3.63) is 64.8 Å². The van der Waals surface area contributed by atoms with Crippen LogP contribution in [0.3, 0.4) is 0 Å². The van der Waals surface area contributed by atoms with E-state index in [1.807, 2.05) is 24.3 Å². The SMILES string of the molecule is COc1ccc(C(=O)CCCN2CCC(c3sc(N)nc3-c3ccc(F)cc3)C2)cc1. The van der Waals surface area contributed by atoms with Gasteiger partial charge in [-0.2, -0.15) is 0 Å². The summed E-state index contributed by atoms with van der Waals surface area (Å²) in [6.07, 6.45) is 2.39. The first-order chi connectivity index (χ1) is 15.0. The maximum atomic E-state index is 13.3. The van der Waals surface area contributed by atoms with E-state index < -0.39 is 0 Å². The van der Waals surface area contributed by atoms with Gasteiger partial charge < -0.3 is 15.4 Å². The minimum absolute atomic E-state index is 0.159. The van der Waals surface area contributed by atoms with E-state index in [1.165, 1.54) is 28.3 Å².